The first-order valence-electron chi connectivity index (χ1n) is 10.9. The monoisotopic (exact) mass is 438 g/mol. The molecule has 0 unspecified atom stereocenters. The third-order valence-electron chi connectivity index (χ3n) is 5.76. The third-order valence-corrected chi connectivity index (χ3v) is 5.76. The lowest BCUT2D eigenvalue weighted by atomic mass is 9.98. The number of fused-ring (bicyclic) bond motifs is 1. The Kier molecular flexibility index (Phi) is 7.64. The van der Waals surface area contributed by atoms with Gasteiger partial charge in [0, 0.05) is 18.7 Å². The number of aliphatic carboxylic acids is 2. The van der Waals surface area contributed by atoms with Crippen molar-refractivity contribution < 1.29 is 24.6 Å². The minimum absolute atomic E-state index is 0.0539. The molecule has 0 aromatic heterocycles. The van der Waals surface area contributed by atoms with E-state index in [2.05, 4.69) is 11.4 Å². The number of carbonyl (C=O) groups excluding carboxylic acids is 1. The Hall–Kier alpha value is -3.19. The molecule has 170 valence electrons. The van der Waals surface area contributed by atoms with Crippen LogP contribution in [0.1, 0.15) is 47.3 Å². The highest BCUT2D eigenvalue weighted by Crippen LogP contribution is 2.20. The maximum Gasteiger partial charge on any atom is 0.321 e. The molecule has 0 spiro atoms. The molecule has 1 aliphatic heterocycles. The number of carbonyl (C=O) groups is 3. The number of amides is 1. The number of rotatable bonds is 9. The van der Waals surface area contributed by atoms with Crippen LogP contribution in [0.3, 0.4) is 0 Å². The molecule has 0 aliphatic carbocycles. The van der Waals surface area contributed by atoms with Crippen molar-refractivity contribution >= 4 is 17.8 Å². The highest BCUT2D eigenvalue weighted by atomic mass is 16.4. The summed E-state index contributed by atoms with van der Waals surface area (Å²) in [6.07, 6.45) is 1.29. The number of benzene rings is 2. The fourth-order valence-corrected chi connectivity index (χ4v) is 4.04. The van der Waals surface area contributed by atoms with Gasteiger partial charge in [-0.3, -0.25) is 19.7 Å². The van der Waals surface area contributed by atoms with Gasteiger partial charge in [0.25, 0.3) is 5.91 Å². The summed E-state index contributed by atoms with van der Waals surface area (Å²) in [5.74, 6) is -2.10. The van der Waals surface area contributed by atoms with Gasteiger partial charge in [-0.1, -0.05) is 50.2 Å². The van der Waals surface area contributed by atoms with Crippen molar-refractivity contribution in [1.29, 1.82) is 0 Å². The molecule has 2 aromatic rings. The van der Waals surface area contributed by atoms with Crippen molar-refractivity contribution in [3.63, 3.8) is 0 Å². The van der Waals surface area contributed by atoms with Gasteiger partial charge in [-0.15, -0.1) is 0 Å². The molecule has 1 aliphatic rings. The molecule has 1 heterocycles. The van der Waals surface area contributed by atoms with Crippen LogP contribution in [0, 0.1) is 5.92 Å². The van der Waals surface area contributed by atoms with Gasteiger partial charge in [-0.05, 0) is 54.0 Å². The second kappa shape index (κ2) is 10.4. The van der Waals surface area contributed by atoms with Crippen LogP contribution >= 0.6 is 0 Å². The molecule has 3 rings (SSSR count). The summed E-state index contributed by atoms with van der Waals surface area (Å²) < 4.78 is 0. The van der Waals surface area contributed by atoms with E-state index < -0.39 is 24.0 Å². The van der Waals surface area contributed by atoms with E-state index in [1.165, 1.54) is 5.56 Å². The van der Waals surface area contributed by atoms with Crippen LogP contribution in [-0.4, -0.2) is 51.6 Å². The van der Waals surface area contributed by atoms with E-state index in [1.807, 2.05) is 36.9 Å². The molecule has 7 nitrogen and oxygen atoms in total. The van der Waals surface area contributed by atoms with E-state index in [9.17, 15) is 24.6 Å². The van der Waals surface area contributed by atoms with Crippen LogP contribution in [-0.2, 0) is 29.0 Å². The highest BCUT2D eigenvalue weighted by Gasteiger charge is 2.27. The van der Waals surface area contributed by atoms with E-state index in [0.717, 1.165) is 17.5 Å². The van der Waals surface area contributed by atoms with Gasteiger partial charge < -0.3 is 15.1 Å². The van der Waals surface area contributed by atoms with E-state index in [4.69, 9.17) is 0 Å². The second-order valence-corrected chi connectivity index (χ2v) is 8.72. The van der Waals surface area contributed by atoms with Crippen LogP contribution in [0.25, 0.3) is 0 Å². The molecule has 0 bridgehead atoms. The van der Waals surface area contributed by atoms with Crippen molar-refractivity contribution in [2.75, 3.05) is 6.54 Å². The zero-order valence-corrected chi connectivity index (χ0v) is 18.5. The molecule has 3 N–H and O–H groups in total. The maximum absolute atomic E-state index is 12.9. The predicted octanol–water partition coefficient (Wildman–Crippen LogP) is 2.97. The summed E-state index contributed by atoms with van der Waals surface area (Å²) >= 11 is 0. The molecule has 0 radical (unpaired) electrons. The first-order valence-corrected chi connectivity index (χ1v) is 10.9. The molecule has 32 heavy (non-hydrogen) atoms. The van der Waals surface area contributed by atoms with E-state index in [1.54, 1.807) is 24.3 Å². The molecular formula is C25H30N2O5. The summed E-state index contributed by atoms with van der Waals surface area (Å²) in [6, 6.07) is 13.0. The highest BCUT2D eigenvalue weighted by molar-refractivity contribution is 5.94. The van der Waals surface area contributed by atoms with Gasteiger partial charge >= 0.3 is 11.9 Å². The minimum Gasteiger partial charge on any atom is -0.480 e. The van der Waals surface area contributed by atoms with Gasteiger partial charge in [-0.25, -0.2) is 0 Å². The maximum atomic E-state index is 12.9. The molecule has 0 saturated heterocycles. The van der Waals surface area contributed by atoms with Gasteiger partial charge in [0.15, 0.2) is 0 Å². The second-order valence-electron chi connectivity index (χ2n) is 8.72. The van der Waals surface area contributed by atoms with E-state index in [0.29, 0.717) is 25.1 Å². The lowest BCUT2D eigenvalue weighted by molar-refractivity contribution is -0.142. The fourth-order valence-electron chi connectivity index (χ4n) is 4.04. The van der Waals surface area contributed by atoms with E-state index in [-0.39, 0.29) is 18.2 Å². The van der Waals surface area contributed by atoms with Gasteiger partial charge in [0.05, 0.1) is 0 Å². The molecule has 7 heteroatoms. The number of hydrogen-bond donors (Lipinski definition) is 3. The smallest absolute Gasteiger partial charge is 0.321 e. The van der Waals surface area contributed by atoms with Crippen molar-refractivity contribution in [1.82, 2.24) is 10.2 Å². The first kappa shape index (κ1) is 23.5. The Morgan fingerprint density at radius 1 is 0.938 bits per heavy atom. The Morgan fingerprint density at radius 2 is 1.56 bits per heavy atom. The largest absolute Gasteiger partial charge is 0.480 e. The van der Waals surface area contributed by atoms with Crippen LogP contribution in [0.4, 0.5) is 0 Å². The molecule has 1 amide bonds. The number of carboxylic acids is 2. The number of hydrogen-bond acceptors (Lipinski definition) is 4. The molecule has 2 atom stereocenters. The molecular weight excluding hydrogens is 408 g/mol. The normalized spacial score (nSPS) is 15.2. The van der Waals surface area contributed by atoms with Crippen molar-refractivity contribution in [2.45, 2.75) is 51.7 Å². The first-order chi connectivity index (χ1) is 15.2. The Labute approximate surface area is 188 Å². The zero-order valence-electron chi connectivity index (χ0n) is 18.5. The molecule has 0 saturated carbocycles. The quantitative estimate of drug-likeness (QED) is 0.556. The Balaban J connectivity index is 1.65. The van der Waals surface area contributed by atoms with Crippen molar-refractivity contribution in [3.05, 3.63) is 70.8 Å². The average Bonchev–Trinajstić information content (AvgIpc) is 2.77. The molecule has 0 fully saturated rings. The minimum atomic E-state index is -1.10. The van der Waals surface area contributed by atoms with Crippen LogP contribution < -0.4 is 5.32 Å². The topological polar surface area (TPSA) is 107 Å². The van der Waals surface area contributed by atoms with Crippen molar-refractivity contribution in [3.8, 4) is 0 Å². The van der Waals surface area contributed by atoms with Crippen LogP contribution in [0.2, 0.25) is 0 Å². The summed E-state index contributed by atoms with van der Waals surface area (Å²) in [7, 11) is 0. The SMILES string of the molecule is CC(C)C[C@H](N[C@@H](Cc1ccc(C(=O)N2CCc3ccccc3C2)cc1)C(=O)O)C(=O)O. The predicted molar refractivity (Wildman–Crippen MR) is 120 cm³/mol. The van der Waals surface area contributed by atoms with E-state index >= 15 is 0 Å². The standard InChI is InChI=1S/C25H30N2O5/c1-16(2)13-21(24(29)30)26-22(25(31)32)14-17-7-9-19(10-8-17)23(28)27-12-11-18-5-3-4-6-20(18)15-27/h3-10,16,21-22,26H,11-15H2,1-2H3,(H,29,30)(H,31,32)/t21-,22-/m0/s1. The summed E-state index contributed by atoms with van der Waals surface area (Å²) in [6.45, 7) is 5.03. The van der Waals surface area contributed by atoms with Crippen LogP contribution in [0.5, 0.6) is 0 Å². The average molecular weight is 439 g/mol. The van der Waals surface area contributed by atoms with Gasteiger partial charge in [0.1, 0.15) is 12.1 Å². The number of nitrogens with zero attached hydrogens (tertiary/aromatic N) is 1. The lowest BCUT2D eigenvalue weighted by Gasteiger charge is -2.29. The Morgan fingerprint density at radius 3 is 2.16 bits per heavy atom. The van der Waals surface area contributed by atoms with Crippen molar-refractivity contribution in [2.24, 2.45) is 5.92 Å². The zero-order chi connectivity index (χ0) is 23.3. The summed E-state index contributed by atoms with van der Waals surface area (Å²) in [4.78, 5) is 38.0. The van der Waals surface area contributed by atoms with Gasteiger partial charge in [-0.2, -0.15) is 0 Å². The van der Waals surface area contributed by atoms with Crippen LogP contribution in [0.15, 0.2) is 48.5 Å². The van der Waals surface area contributed by atoms with Gasteiger partial charge in [0.2, 0.25) is 0 Å². The number of carboxylic acid groups (broad SMARTS) is 2. The third kappa shape index (κ3) is 5.95. The number of nitrogens with one attached hydrogen (secondary N) is 1. The summed E-state index contributed by atoms with van der Waals surface area (Å²) in [5, 5.41) is 21.7. The fraction of sp³-hybridized carbons (Fsp3) is 0.400. The molecule has 2 aromatic carbocycles. The Bertz CT molecular complexity index is 971. The summed E-state index contributed by atoms with van der Waals surface area (Å²) in [5.41, 5.74) is 3.71. The lowest BCUT2D eigenvalue weighted by Crippen LogP contribution is -2.48.